The minimum atomic E-state index is -1.64. The van der Waals surface area contributed by atoms with E-state index < -0.39 is 86.3 Å². The predicted molar refractivity (Wildman–Crippen MR) is 91.8 cm³/mol. The highest BCUT2D eigenvalue weighted by Gasteiger charge is 2.51. The van der Waals surface area contributed by atoms with Gasteiger partial charge in [0.25, 0.3) is 0 Å². The smallest absolute Gasteiger partial charge is 0.217 e. The van der Waals surface area contributed by atoms with E-state index in [1.54, 1.807) is 0 Å². The molecule has 0 aromatic rings. The van der Waals surface area contributed by atoms with Crippen LogP contribution in [0.1, 0.15) is 13.8 Å². The van der Waals surface area contributed by atoms with Crippen LogP contribution in [0.25, 0.3) is 0 Å². The monoisotopic (exact) mass is 424 g/mol. The Morgan fingerprint density at radius 2 is 1.38 bits per heavy atom. The summed E-state index contributed by atoms with van der Waals surface area (Å²) in [6.07, 6.45) is -11.7. The van der Waals surface area contributed by atoms with Crippen LogP contribution in [0.4, 0.5) is 0 Å². The van der Waals surface area contributed by atoms with Gasteiger partial charge in [0.05, 0.1) is 13.2 Å². The van der Waals surface area contributed by atoms with Gasteiger partial charge in [0.1, 0.15) is 48.7 Å². The van der Waals surface area contributed by atoms with Gasteiger partial charge in [-0.05, 0) is 0 Å². The molecule has 2 aliphatic heterocycles. The highest BCUT2D eigenvalue weighted by molar-refractivity contribution is 5.73. The Bertz CT molecular complexity index is 579. The van der Waals surface area contributed by atoms with E-state index in [0.29, 0.717) is 0 Å². The first kappa shape index (κ1) is 23.9. The summed E-state index contributed by atoms with van der Waals surface area (Å²) < 4.78 is 16.3. The number of carbonyl (C=O) groups is 2. The fourth-order valence-corrected chi connectivity index (χ4v) is 3.38. The molecule has 2 aliphatic rings. The van der Waals surface area contributed by atoms with Crippen molar-refractivity contribution in [3.05, 3.63) is 0 Å². The summed E-state index contributed by atoms with van der Waals surface area (Å²) >= 11 is 0. The van der Waals surface area contributed by atoms with Gasteiger partial charge in [-0.1, -0.05) is 0 Å². The van der Waals surface area contributed by atoms with Crippen molar-refractivity contribution in [3.63, 3.8) is 0 Å². The molecule has 0 bridgehead atoms. The normalized spacial score (nSPS) is 42.9. The van der Waals surface area contributed by atoms with Crippen LogP contribution in [-0.2, 0) is 23.8 Å². The molecule has 168 valence electrons. The van der Waals surface area contributed by atoms with E-state index in [1.807, 2.05) is 0 Å². The average molecular weight is 424 g/mol. The van der Waals surface area contributed by atoms with Crippen LogP contribution in [0.3, 0.4) is 0 Å². The maximum absolute atomic E-state index is 11.5. The number of hydrogen-bond donors (Lipinski definition) is 8. The number of hydrogen-bond acceptors (Lipinski definition) is 11. The van der Waals surface area contributed by atoms with Crippen LogP contribution in [-0.4, -0.2) is 117 Å². The molecule has 0 saturated carbocycles. The number of aliphatic hydroxyl groups excluding tert-OH is 6. The molecule has 0 aliphatic carbocycles. The summed E-state index contributed by atoms with van der Waals surface area (Å²) in [5, 5.41) is 64.5. The second kappa shape index (κ2) is 10.1. The van der Waals surface area contributed by atoms with Gasteiger partial charge in [-0.3, -0.25) is 9.59 Å². The zero-order valence-corrected chi connectivity index (χ0v) is 15.9. The maximum atomic E-state index is 11.5. The van der Waals surface area contributed by atoms with E-state index in [-0.39, 0.29) is 0 Å². The molecule has 10 atom stereocenters. The molecule has 13 heteroatoms. The predicted octanol–water partition coefficient (Wildman–Crippen LogP) is -5.11. The Kier molecular flexibility index (Phi) is 8.28. The number of amides is 2. The lowest BCUT2D eigenvalue weighted by Gasteiger charge is -2.47. The zero-order valence-electron chi connectivity index (χ0n) is 15.9. The summed E-state index contributed by atoms with van der Waals surface area (Å²) in [5.41, 5.74) is 0. The number of ether oxygens (including phenoxy) is 3. The molecule has 1 unspecified atom stereocenters. The molecule has 8 N–H and O–H groups in total. The minimum Gasteiger partial charge on any atom is -0.394 e. The molecule has 0 radical (unpaired) electrons. The third kappa shape index (κ3) is 5.39. The number of rotatable bonds is 6. The van der Waals surface area contributed by atoms with Gasteiger partial charge < -0.3 is 55.5 Å². The Morgan fingerprint density at radius 1 is 0.828 bits per heavy atom. The quantitative estimate of drug-likeness (QED) is 0.202. The van der Waals surface area contributed by atoms with E-state index in [1.165, 1.54) is 0 Å². The molecular formula is C16H28N2O11. The largest absolute Gasteiger partial charge is 0.394 e. The van der Waals surface area contributed by atoms with Crippen molar-refractivity contribution >= 4 is 11.8 Å². The third-order valence-electron chi connectivity index (χ3n) is 4.78. The molecule has 2 rings (SSSR count). The van der Waals surface area contributed by atoms with Gasteiger partial charge in [-0.25, -0.2) is 0 Å². The second-order valence-electron chi connectivity index (χ2n) is 7.00. The van der Waals surface area contributed by atoms with Gasteiger partial charge in [-0.15, -0.1) is 0 Å². The maximum Gasteiger partial charge on any atom is 0.217 e. The van der Waals surface area contributed by atoms with Crippen LogP contribution < -0.4 is 10.6 Å². The van der Waals surface area contributed by atoms with Crippen LogP contribution >= 0.6 is 0 Å². The molecular weight excluding hydrogens is 396 g/mol. The summed E-state index contributed by atoms with van der Waals surface area (Å²) in [6, 6.07) is -2.59. The number of aliphatic hydroxyl groups is 6. The first-order chi connectivity index (χ1) is 13.6. The van der Waals surface area contributed by atoms with Crippen molar-refractivity contribution in [3.8, 4) is 0 Å². The Morgan fingerprint density at radius 3 is 1.90 bits per heavy atom. The van der Waals surface area contributed by atoms with Gasteiger partial charge in [0.15, 0.2) is 12.6 Å². The summed E-state index contributed by atoms with van der Waals surface area (Å²) in [6.45, 7) is 0.962. The van der Waals surface area contributed by atoms with Crippen LogP contribution in [0.15, 0.2) is 0 Å². The first-order valence-corrected chi connectivity index (χ1v) is 9.05. The topological polar surface area (TPSA) is 207 Å². The first-order valence-electron chi connectivity index (χ1n) is 9.05. The van der Waals surface area contributed by atoms with Gasteiger partial charge >= 0.3 is 0 Å². The molecule has 0 spiro atoms. The van der Waals surface area contributed by atoms with Crippen LogP contribution in [0.5, 0.6) is 0 Å². The standard InChI is InChI=1S/C16H28N2O11/c1-5(21)17-9-13(25)14(8(4-20)27-15(9)26)29-16-10(18-6(2)22)12(24)11(23)7(3-19)28-16/h7-16,19-20,23-26H,3-4H2,1-2H3,(H,17,21)(H,18,22)/t7-,8-,9-,10-,11+,12-,13-,14+,15?,16+/m1/s1. The lowest BCUT2D eigenvalue weighted by molar-refractivity contribution is -0.327. The van der Waals surface area contributed by atoms with E-state index in [2.05, 4.69) is 10.6 Å². The fourth-order valence-electron chi connectivity index (χ4n) is 3.38. The van der Waals surface area contributed by atoms with E-state index in [9.17, 15) is 40.2 Å². The highest BCUT2D eigenvalue weighted by atomic mass is 16.7. The number of carbonyl (C=O) groups excluding carboxylic acids is 2. The number of nitrogens with one attached hydrogen (secondary N) is 2. The van der Waals surface area contributed by atoms with Crippen molar-refractivity contribution < 1.29 is 54.4 Å². The van der Waals surface area contributed by atoms with Crippen molar-refractivity contribution in [1.82, 2.24) is 10.6 Å². The SMILES string of the molecule is CC(=O)N[C@H]1[C@H](O[C@@H]2[C@H](O)[C@@H](NC(C)=O)C(O)O[C@@H]2CO)O[C@H](CO)[C@H](O)[C@@H]1O. The zero-order chi connectivity index (χ0) is 21.9. The lowest BCUT2D eigenvalue weighted by atomic mass is 9.94. The van der Waals surface area contributed by atoms with Crippen LogP contribution in [0, 0.1) is 0 Å². The van der Waals surface area contributed by atoms with Crippen molar-refractivity contribution in [2.24, 2.45) is 0 Å². The minimum absolute atomic E-state index is 0.568. The van der Waals surface area contributed by atoms with Crippen molar-refractivity contribution in [1.29, 1.82) is 0 Å². The van der Waals surface area contributed by atoms with Crippen LogP contribution in [0.2, 0.25) is 0 Å². The molecule has 0 aromatic heterocycles. The van der Waals surface area contributed by atoms with Gasteiger partial charge in [0.2, 0.25) is 11.8 Å². The van der Waals surface area contributed by atoms with Gasteiger partial charge in [0, 0.05) is 13.8 Å². The second-order valence-corrected chi connectivity index (χ2v) is 7.00. The Balaban J connectivity index is 2.26. The molecule has 2 amide bonds. The third-order valence-corrected chi connectivity index (χ3v) is 4.78. The highest BCUT2D eigenvalue weighted by Crippen LogP contribution is 2.28. The summed E-state index contributed by atoms with van der Waals surface area (Å²) in [5.74, 6) is -1.14. The van der Waals surface area contributed by atoms with E-state index in [0.717, 1.165) is 13.8 Å². The van der Waals surface area contributed by atoms with E-state index in [4.69, 9.17) is 14.2 Å². The summed E-state index contributed by atoms with van der Waals surface area (Å²) in [4.78, 5) is 22.8. The molecule has 0 aromatic carbocycles. The lowest BCUT2D eigenvalue weighted by Crippen LogP contribution is -2.69. The Hall–Kier alpha value is -1.42. The molecule has 2 saturated heterocycles. The molecule has 13 nitrogen and oxygen atoms in total. The van der Waals surface area contributed by atoms with E-state index >= 15 is 0 Å². The molecule has 2 heterocycles. The summed E-state index contributed by atoms with van der Waals surface area (Å²) in [7, 11) is 0. The van der Waals surface area contributed by atoms with Crippen molar-refractivity contribution in [2.75, 3.05) is 13.2 Å². The molecule has 29 heavy (non-hydrogen) atoms. The van der Waals surface area contributed by atoms with Gasteiger partial charge in [-0.2, -0.15) is 0 Å². The Labute approximate surface area is 166 Å². The fraction of sp³-hybridized carbons (Fsp3) is 0.875. The molecule has 2 fully saturated rings. The average Bonchev–Trinajstić information content (AvgIpc) is 2.65. The van der Waals surface area contributed by atoms with Crippen molar-refractivity contribution in [2.45, 2.75) is 75.1 Å².